The highest BCUT2D eigenvalue weighted by Crippen LogP contribution is 2.24. The number of aliphatic hydroxyl groups excluding tert-OH is 1. The number of ether oxygens (including phenoxy) is 2. The quantitative estimate of drug-likeness (QED) is 0.245. The van der Waals surface area contributed by atoms with Crippen molar-refractivity contribution >= 4 is 23.7 Å². The number of nitrogens with zero attached hydrogens (tertiary/aromatic N) is 1. The predicted molar refractivity (Wildman–Crippen MR) is 146 cm³/mol. The smallest absolute Gasteiger partial charge is 0.410 e. The van der Waals surface area contributed by atoms with Crippen molar-refractivity contribution in [3.8, 4) is 16.9 Å². The molecule has 0 radical (unpaired) electrons. The second-order valence-corrected chi connectivity index (χ2v) is 10.2. The number of hydrogen-bond donors (Lipinski definition) is 1. The van der Waals surface area contributed by atoms with Gasteiger partial charge in [-0.2, -0.15) is 0 Å². The van der Waals surface area contributed by atoms with Crippen LogP contribution in [0.2, 0.25) is 5.02 Å². The lowest BCUT2D eigenvalue weighted by Gasteiger charge is -2.29. The summed E-state index contributed by atoms with van der Waals surface area (Å²) in [6, 6.07) is 22.4. The molecule has 1 atom stereocenters. The van der Waals surface area contributed by atoms with E-state index in [4.69, 9.17) is 21.1 Å². The summed E-state index contributed by atoms with van der Waals surface area (Å²) in [5.41, 5.74) is 3.06. The van der Waals surface area contributed by atoms with Crippen LogP contribution in [0.3, 0.4) is 0 Å². The summed E-state index contributed by atoms with van der Waals surface area (Å²) in [4.78, 5) is 25.9. The maximum atomic E-state index is 12.9. The summed E-state index contributed by atoms with van der Waals surface area (Å²) in [5, 5.41) is 11.3. The number of halogens is 1. The van der Waals surface area contributed by atoms with E-state index >= 15 is 0 Å². The van der Waals surface area contributed by atoms with Gasteiger partial charge >= 0.3 is 12.1 Å². The first kappa shape index (κ1) is 28.2. The van der Waals surface area contributed by atoms with Crippen LogP contribution in [0.5, 0.6) is 5.75 Å². The lowest BCUT2D eigenvalue weighted by atomic mass is 10.0. The third-order valence-electron chi connectivity index (χ3n) is 5.61. The summed E-state index contributed by atoms with van der Waals surface area (Å²) in [7, 11) is 0. The van der Waals surface area contributed by atoms with Crippen molar-refractivity contribution in [1.82, 2.24) is 4.90 Å². The molecule has 0 fully saturated rings. The Morgan fingerprint density at radius 2 is 1.59 bits per heavy atom. The Labute approximate surface area is 223 Å². The third kappa shape index (κ3) is 8.92. The molecule has 0 aliphatic rings. The van der Waals surface area contributed by atoms with E-state index in [-0.39, 0.29) is 12.5 Å². The molecule has 0 unspecified atom stereocenters. The molecule has 6 nitrogen and oxygen atoms in total. The Morgan fingerprint density at radius 1 is 0.973 bits per heavy atom. The zero-order valence-electron chi connectivity index (χ0n) is 21.7. The van der Waals surface area contributed by atoms with Gasteiger partial charge in [0.15, 0.2) is 0 Å². The van der Waals surface area contributed by atoms with Crippen molar-refractivity contribution in [2.75, 3.05) is 13.1 Å². The van der Waals surface area contributed by atoms with E-state index in [0.717, 1.165) is 16.7 Å². The summed E-state index contributed by atoms with van der Waals surface area (Å²) in [6.45, 7) is 7.67. The van der Waals surface area contributed by atoms with Crippen LogP contribution in [0.1, 0.15) is 51.3 Å². The first-order chi connectivity index (χ1) is 17.5. The molecule has 0 spiro atoms. The van der Waals surface area contributed by atoms with E-state index in [0.29, 0.717) is 35.7 Å². The van der Waals surface area contributed by atoms with Gasteiger partial charge in [0.2, 0.25) is 0 Å². The number of esters is 1. The lowest BCUT2D eigenvalue weighted by Crippen LogP contribution is -2.40. The van der Waals surface area contributed by atoms with Gasteiger partial charge in [0.25, 0.3) is 0 Å². The minimum atomic E-state index is -0.895. The molecule has 0 bridgehead atoms. The molecule has 196 valence electrons. The first-order valence-corrected chi connectivity index (χ1v) is 12.7. The SMILES string of the molecule is CCC(=O)Oc1ccc(-c2ccc(CCN(C[C@H](O)c3cccc(Cl)c3)C(=O)OC(C)(C)C)cc2)cc1. The van der Waals surface area contributed by atoms with E-state index in [1.807, 2.05) is 57.2 Å². The summed E-state index contributed by atoms with van der Waals surface area (Å²) < 4.78 is 10.8. The molecular weight excluding hydrogens is 490 g/mol. The molecule has 0 aliphatic heterocycles. The van der Waals surface area contributed by atoms with Crippen molar-refractivity contribution in [3.05, 3.63) is 88.9 Å². The number of amides is 1. The molecule has 1 amide bonds. The Balaban J connectivity index is 1.67. The highest BCUT2D eigenvalue weighted by molar-refractivity contribution is 6.30. The number of rotatable bonds is 9. The Bertz CT molecular complexity index is 1190. The van der Waals surface area contributed by atoms with Crippen LogP contribution in [-0.2, 0) is 16.0 Å². The van der Waals surface area contributed by atoms with Crippen LogP contribution in [0.4, 0.5) is 4.79 Å². The molecule has 3 rings (SSSR count). The van der Waals surface area contributed by atoms with Crippen molar-refractivity contribution in [2.45, 2.75) is 52.2 Å². The van der Waals surface area contributed by atoms with Crippen molar-refractivity contribution in [3.63, 3.8) is 0 Å². The molecule has 1 N–H and O–H groups in total. The van der Waals surface area contributed by atoms with Gasteiger partial charge in [-0.1, -0.05) is 67.1 Å². The van der Waals surface area contributed by atoms with Gasteiger partial charge in [-0.05, 0) is 73.7 Å². The minimum absolute atomic E-state index is 0.0856. The fourth-order valence-electron chi connectivity index (χ4n) is 3.66. The molecule has 7 heteroatoms. The van der Waals surface area contributed by atoms with Crippen LogP contribution < -0.4 is 4.74 Å². The monoisotopic (exact) mass is 523 g/mol. The number of hydrogen-bond acceptors (Lipinski definition) is 5. The highest BCUT2D eigenvalue weighted by atomic mass is 35.5. The Kier molecular flexibility index (Phi) is 9.73. The van der Waals surface area contributed by atoms with Gasteiger partial charge in [0, 0.05) is 18.0 Å². The Morgan fingerprint density at radius 3 is 2.16 bits per heavy atom. The molecule has 0 aliphatic carbocycles. The fraction of sp³-hybridized carbons (Fsp3) is 0.333. The van der Waals surface area contributed by atoms with Crippen molar-refractivity contribution < 1.29 is 24.2 Å². The third-order valence-corrected chi connectivity index (χ3v) is 5.85. The number of carbonyl (C=O) groups excluding carboxylic acids is 2. The second-order valence-electron chi connectivity index (χ2n) is 9.80. The number of aliphatic hydroxyl groups is 1. The van der Waals surface area contributed by atoms with E-state index < -0.39 is 17.8 Å². The van der Waals surface area contributed by atoms with Gasteiger partial charge in [0.05, 0.1) is 12.6 Å². The molecule has 3 aromatic carbocycles. The molecule has 0 saturated carbocycles. The minimum Gasteiger partial charge on any atom is -0.444 e. The number of benzene rings is 3. The van der Waals surface area contributed by atoms with E-state index in [9.17, 15) is 14.7 Å². The van der Waals surface area contributed by atoms with E-state index in [1.165, 1.54) is 4.90 Å². The van der Waals surface area contributed by atoms with Gasteiger partial charge in [-0.3, -0.25) is 4.79 Å². The van der Waals surface area contributed by atoms with Gasteiger partial charge in [-0.15, -0.1) is 0 Å². The average molecular weight is 524 g/mol. The standard InChI is InChI=1S/C30H34ClNO5/c1-5-28(34)36-26-15-13-23(14-16-26)22-11-9-21(10-12-22)17-18-32(29(35)37-30(2,3)4)20-27(33)24-7-6-8-25(31)19-24/h6-16,19,27,33H,5,17-18,20H2,1-4H3/t27-/m0/s1. The summed E-state index contributed by atoms with van der Waals surface area (Å²) in [6.07, 6.45) is -0.454. The normalized spacial score (nSPS) is 12.1. The van der Waals surface area contributed by atoms with E-state index in [2.05, 4.69) is 0 Å². The second kappa shape index (κ2) is 12.7. The fourth-order valence-corrected chi connectivity index (χ4v) is 3.86. The first-order valence-electron chi connectivity index (χ1n) is 12.4. The topological polar surface area (TPSA) is 76.1 Å². The largest absolute Gasteiger partial charge is 0.444 e. The van der Waals surface area contributed by atoms with Crippen LogP contribution in [0.25, 0.3) is 11.1 Å². The van der Waals surface area contributed by atoms with Crippen LogP contribution >= 0.6 is 11.6 Å². The van der Waals surface area contributed by atoms with Crippen molar-refractivity contribution in [1.29, 1.82) is 0 Å². The lowest BCUT2D eigenvalue weighted by molar-refractivity contribution is -0.134. The zero-order valence-corrected chi connectivity index (χ0v) is 22.5. The molecule has 0 saturated heterocycles. The molecule has 0 aromatic heterocycles. The maximum absolute atomic E-state index is 12.9. The average Bonchev–Trinajstić information content (AvgIpc) is 2.86. The van der Waals surface area contributed by atoms with Crippen molar-refractivity contribution in [2.24, 2.45) is 0 Å². The molecular formula is C30H34ClNO5. The summed E-state index contributed by atoms with van der Waals surface area (Å²) >= 11 is 6.07. The molecule has 3 aromatic rings. The van der Waals surface area contributed by atoms with Gasteiger partial charge < -0.3 is 19.5 Å². The van der Waals surface area contributed by atoms with Crippen LogP contribution in [0.15, 0.2) is 72.8 Å². The zero-order chi connectivity index (χ0) is 27.0. The maximum Gasteiger partial charge on any atom is 0.410 e. The molecule has 0 heterocycles. The van der Waals surface area contributed by atoms with Crippen LogP contribution in [-0.4, -0.2) is 40.8 Å². The molecule has 37 heavy (non-hydrogen) atoms. The van der Waals surface area contributed by atoms with Gasteiger partial charge in [-0.25, -0.2) is 4.79 Å². The summed E-state index contributed by atoms with van der Waals surface area (Å²) in [5.74, 6) is 0.257. The van der Waals surface area contributed by atoms with Crippen LogP contribution in [0, 0.1) is 0 Å². The van der Waals surface area contributed by atoms with Gasteiger partial charge in [0.1, 0.15) is 11.4 Å². The highest BCUT2D eigenvalue weighted by Gasteiger charge is 2.24. The predicted octanol–water partition coefficient (Wildman–Crippen LogP) is 6.84. The Hall–Kier alpha value is -3.35. The number of carbonyl (C=O) groups is 2. The van der Waals surface area contributed by atoms with E-state index in [1.54, 1.807) is 43.3 Å².